The Bertz CT molecular complexity index is 224. The van der Waals surface area contributed by atoms with Crippen LogP contribution in [0.1, 0.15) is 10.8 Å². The zero-order chi connectivity index (χ0) is 7.68. The largest absolute Gasteiger partial charge is 0.391 e. The number of aliphatic hydroxyl groups excluding tert-OH is 1. The van der Waals surface area contributed by atoms with E-state index in [1.165, 1.54) is 16.4 Å². The molecule has 3 nitrogen and oxygen atoms in total. The van der Waals surface area contributed by atoms with E-state index in [2.05, 4.69) is 9.69 Å². The second-order valence-electron chi connectivity index (χ2n) is 2.75. The summed E-state index contributed by atoms with van der Waals surface area (Å²) in [7, 11) is 0. The Hall–Kier alpha value is -0.450. The highest BCUT2D eigenvalue weighted by atomic mass is 32.1. The van der Waals surface area contributed by atoms with Gasteiger partial charge in [0.25, 0.3) is 0 Å². The molecule has 60 valence electrons. The molecule has 0 bridgehead atoms. The summed E-state index contributed by atoms with van der Waals surface area (Å²) in [5, 5.41) is 12.6. The smallest absolute Gasteiger partial charge is 0.0753 e. The molecule has 1 aromatic rings. The molecule has 2 N–H and O–H groups in total. The highest BCUT2D eigenvalue weighted by Crippen LogP contribution is 2.24. The van der Waals surface area contributed by atoms with Crippen molar-refractivity contribution in [3.63, 3.8) is 0 Å². The zero-order valence-corrected chi connectivity index (χ0v) is 6.84. The van der Waals surface area contributed by atoms with E-state index in [9.17, 15) is 5.11 Å². The number of β-amino-alcohol motifs (C(OH)–C–C–N with tert-alkyl or cyclic N) is 1. The Balaban J connectivity index is 2.16. The summed E-state index contributed by atoms with van der Waals surface area (Å²) < 4.78 is 4.00. The molecule has 0 radical (unpaired) electrons. The molecule has 0 spiro atoms. The summed E-state index contributed by atoms with van der Waals surface area (Å²) in [6, 6.07) is 1.98. The van der Waals surface area contributed by atoms with E-state index in [0.717, 1.165) is 6.54 Å². The molecule has 0 aromatic carbocycles. The highest BCUT2D eigenvalue weighted by Gasteiger charge is 2.27. The first kappa shape index (κ1) is 7.21. The maximum absolute atomic E-state index is 9.48. The maximum Gasteiger partial charge on any atom is 0.0753 e. The second-order valence-corrected chi connectivity index (χ2v) is 3.61. The fourth-order valence-corrected chi connectivity index (χ4v) is 2.11. The monoisotopic (exact) mass is 170 g/mol. The fraction of sp³-hybridized carbons (Fsp3) is 0.571. The van der Waals surface area contributed by atoms with Crippen molar-refractivity contribution in [1.29, 1.82) is 0 Å². The molecule has 0 aliphatic carbocycles. The summed E-state index contributed by atoms with van der Waals surface area (Å²) in [6.45, 7) is 1.59. The Morgan fingerprint density at radius 2 is 2.55 bits per heavy atom. The second kappa shape index (κ2) is 2.89. The maximum atomic E-state index is 9.48. The van der Waals surface area contributed by atoms with Crippen molar-refractivity contribution in [2.24, 2.45) is 0 Å². The standard InChI is InChI=1S/C7H10N2OS/c10-6-4-8-3-5(6)7-1-2-9-11-7/h1-2,5-6,8,10H,3-4H2. The van der Waals surface area contributed by atoms with Crippen molar-refractivity contribution < 1.29 is 5.11 Å². The van der Waals surface area contributed by atoms with E-state index in [4.69, 9.17) is 0 Å². The summed E-state index contributed by atoms with van der Waals surface area (Å²) in [5.41, 5.74) is 0. The number of nitrogens with zero attached hydrogens (tertiary/aromatic N) is 1. The molecule has 4 heteroatoms. The van der Waals surface area contributed by atoms with Crippen molar-refractivity contribution in [2.45, 2.75) is 12.0 Å². The molecule has 2 heterocycles. The lowest BCUT2D eigenvalue weighted by Gasteiger charge is -2.08. The lowest BCUT2D eigenvalue weighted by atomic mass is 10.1. The van der Waals surface area contributed by atoms with Crippen LogP contribution in [0.25, 0.3) is 0 Å². The molecule has 2 rings (SSSR count). The van der Waals surface area contributed by atoms with Crippen molar-refractivity contribution in [3.05, 3.63) is 17.1 Å². The summed E-state index contributed by atoms with van der Waals surface area (Å²) in [6.07, 6.45) is 1.56. The van der Waals surface area contributed by atoms with Gasteiger partial charge in [0.2, 0.25) is 0 Å². The van der Waals surface area contributed by atoms with Crippen LogP contribution in [0.4, 0.5) is 0 Å². The quantitative estimate of drug-likeness (QED) is 0.632. The van der Waals surface area contributed by atoms with Crippen molar-refractivity contribution in [2.75, 3.05) is 13.1 Å². The summed E-state index contributed by atoms with van der Waals surface area (Å²) in [4.78, 5) is 1.18. The molecule has 0 amide bonds. The molecule has 11 heavy (non-hydrogen) atoms. The number of aliphatic hydroxyl groups is 1. The van der Waals surface area contributed by atoms with Gasteiger partial charge < -0.3 is 10.4 Å². The van der Waals surface area contributed by atoms with Gasteiger partial charge in [0.15, 0.2) is 0 Å². The first-order chi connectivity index (χ1) is 5.38. The molecule has 1 aliphatic heterocycles. The summed E-state index contributed by atoms with van der Waals surface area (Å²) >= 11 is 1.47. The molecule has 0 saturated carbocycles. The molecular formula is C7H10N2OS. The molecule has 2 unspecified atom stereocenters. The lowest BCUT2D eigenvalue weighted by molar-refractivity contribution is 0.179. The fourth-order valence-electron chi connectivity index (χ4n) is 1.37. The van der Waals surface area contributed by atoms with Crippen molar-refractivity contribution >= 4 is 11.5 Å². The predicted molar refractivity (Wildman–Crippen MR) is 43.7 cm³/mol. The number of hydrogen-bond acceptors (Lipinski definition) is 4. The Morgan fingerprint density at radius 3 is 3.09 bits per heavy atom. The zero-order valence-electron chi connectivity index (χ0n) is 6.03. The van der Waals surface area contributed by atoms with Crippen LogP contribution in [0.15, 0.2) is 12.3 Å². The minimum atomic E-state index is -0.226. The van der Waals surface area contributed by atoms with Crippen LogP contribution < -0.4 is 5.32 Å². The summed E-state index contributed by atoms with van der Waals surface area (Å²) in [5.74, 6) is 0.266. The van der Waals surface area contributed by atoms with Gasteiger partial charge in [-0.15, -0.1) is 0 Å². The van der Waals surface area contributed by atoms with Crippen LogP contribution in [0.5, 0.6) is 0 Å². The SMILES string of the molecule is OC1CNCC1c1ccns1. The normalized spacial score (nSPS) is 31.0. The van der Waals surface area contributed by atoms with E-state index < -0.39 is 0 Å². The molecule has 2 atom stereocenters. The number of aromatic nitrogens is 1. The van der Waals surface area contributed by atoms with Gasteiger partial charge in [-0.2, -0.15) is 0 Å². The molecular weight excluding hydrogens is 160 g/mol. The first-order valence-corrected chi connectivity index (χ1v) is 4.44. The van der Waals surface area contributed by atoms with E-state index in [0.29, 0.717) is 6.54 Å². The minimum Gasteiger partial charge on any atom is -0.391 e. The molecule has 1 fully saturated rings. The van der Waals surface area contributed by atoms with Crippen LogP contribution in [0.3, 0.4) is 0 Å². The Kier molecular flexibility index (Phi) is 1.89. The van der Waals surface area contributed by atoms with Crippen LogP contribution in [-0.2, 0) is 0 Å². The van der Waals surface area contributed by atoms with Gasteiger partial charge in [-0.1, -0.05) is 0 Å². The topological polar surface area (TPSA) is 45.1 Å². The van der Waals surface area contributed by atoms with Crippen LogP contribution in [-0.4, -0.2) is 28.7 Å². The predicted octanol–water partition coefficient (Wildman–Crippen LogP) is 0.191. The van der Waals surface area contributed by atoms with E-state index >= 15 is 0 Å². The van der Waals surface area contributed by atoms with Gasteiger partial charge in [-0.05, 0) is 17.6 Å². The Morgan fingerprint density at radius 1 is 1.64 bits per heavy atom. The highest BCUT2D eigenvalue weighted by molar-refractivity contribution is 7.05. The van der Waals surface area contributed by atoms with E-state index in [1.807, 2.05) is 6.07 Å². The molecule has 1 aliphatic rings. The third-order valence-electron chi connectivity index (χ3n) is 2.01. The van der Waals surface area contributed by atoms with Crippen LogP contribution in [0, 0.1) is 0 Å². The van der Waals surface area contributed by atoms with E-state index in [1.54, 1.807) is 6.20 Å². The van der Waals surface area contributed by atoms with Crippen molar-refractivity contribution in [3.8, 4) is 0 Å². The van der Waals surface area contributed by atoms with E-state index in [-0.39, 0.29) is 12.0 Å². The Labute approximate surface area is 69.2 Å². The number of rotatable bonds is 1. The van der Waals surface area contributed by atoms with Gasteiger partial charge in [0.05, 0.1) is 6.10 Å². The van der Waals surface area contributed by atoms with Gasteiger partial charge in [0.1, 0.15) is 0 Å². The van der Waals surface area contributed by atoms with Gasteiger partial charge >= 0.3 is 0 Å². The van der Waals surface area contributed by atoms with Gasteiger partial charge in [0, 0.05) is 30.1 Å². The van der Waals surface area contributed by atoms with Crippen LogP contribution >= 0.6 is 11.5 Å². The first-order valence-electron chi connectivity index (χ1n) is 3.67. The third-order valence-corrected chi connectivity index (χ3v) is 2.88. The molecule has 1 saturated heterocycles. The average molecular weight is 170 g/mol. The molecule has 1 aromatic heterocycles. The average Bonchev–Trinajstić information content (AvgIpc) is 2.55. The number of hydrogen-bond donors (Lipinski definition) is 2. The number of nitrogens with one attached hydrogen (secondary N) is 1. The third kappa shape index (κ3) is 1.29. The minimum absolute atomic E-state index is 0.226. The van der Waals surface area contributed by atoms with Crippen molar-refractivity contribution in [1.82, 2.24) is 9.69 Å². The van der Waals surface area contributed by atoms with Gasteiger partial charge in [-0.25, -0.2) is 4.37 Å². The van der Waals surface area contributed by atoms with Gasteiger partial charge in [-0.3, -0.25) is 0 Å². The lowest BCUT2D eigenvalue weighted by Crippen LogP contribution is -2.15. The van der Waals surface area contributed by atoms with Crippen LogP contribution in [0.2, 0.25) is 0 Å².